The van der Waals surface area contributed by atoms with E-state index in [1.54, 1.807) is 0 Å². The first-order valence-electron chi connectivity index (χ1n) is 10.0. The van der Waals surface area contributed by atoms with Crippen LogP contribution in [0, 0.1) is 0 Å². The summed E-state index contributed by atoms with van der Waals surface area (Å²) in [5.74, 6) is 0.602. The van der Waals surface area contributed by atoms with Crippen LogP contribution in [0.2, 0.25) is 0 Å². The number of hydrogen-bond donors (Lipinski definition) is 1. The van der Waals surface area contributed by atoms with Crippen LogP contribution in [0.1, 0.15) is 17.3 Å². The van der Waals surface area contributed by atoms with Crippen molar-refractivity contribution in [3.63, 3.8) is 0 Å². The Balaban J connectivity index is 1.54. The number of carbonyl (C=O) groups is 1. The molecule has 0 saturated carbocycles. The summed E-state index contributed by atoms with van der Waals surface area (Å²) in [6, 6.07) is 25.1. The molecule has 5 rings (SSSR count). The maximum atomic E-state index is 13.2. The lowest BCUT2D eigenvalue weighted by Gasteiger charge is -2.10. The number of pyridine rings is 1. The van der Waals surface area contributed by atoms with E-state index in [0.29, 0.717) is 17.3 Å². The zero-order chi connectivity index (χ0) is 21.2. The lowest BCUT2D eigenvalue weighted by Crippen LogP contribution is -2.13. The van der Waals surface area contributed by atoms with E-state index in [1.165, 1.54) is 11.3 Å². The number of fused-ring (bicyclic) bond motifs is 2. The van der Waals surface area contributed by atoms with Gasteiger partial charge in [-0.15, -0.1) is 0 Å². The van der Waals surface area contributed by atoms with Gasteiger partial charge in [-0.1, -0.05) is 41.7 Å². The lowest BCUT2D eigenvalue weighted by atomic mass is 10.0. The second-order valence-electron chi connectivity index (χ2n) is 6.97. The van der Waals surface area contributed by atoms with E-state index < -0.39 is 0 Å². The molecule has 5 nitrogen and oxygen atoms in total. The zero-order valence-electron chi connectivity index (χ0n) is 16.8. The van der Waals surface area contributed by atoms with Crippen molar-refractivity contribution in [1.29, 1.82) is 0 Å². The zero-order valence-corrected chi connectivity index (χ0v) is 17.6. The van der Waals surface area contributed by atoms with Crippen LogP contribution in [0.5, 0.6) is 5.75 Å². The number of nitrogens with one attached hydrogen (secondary N) is 1. The maximum absolute atomic E-state index is 13.2. The van der Waals surface area contributed by atoms with Crippen LogP contribution in [0.15, 0.2) is 78.9 Å². The van der Waals surface area contributed by atoms with Crippen LogP contribution in [-0.2, 0) is 0 Å². The predicted octanol–water partition coefficient (Wildman–Crippen LogP) is 6.16. The van der Waals surface area contributed by atoms with Crippen LogP contribution < -0.4 is 10.1 Å². The number of rotatable bonds is 5. The minimum Gasteiger partial charge on any atom is -0.494 e. The molecular weight excluding hydrogens is 406 g/mol. The molecule has 0 radical (unpaired) electrons. The van der Waals surface area contributed by atoms with E-state index in [2.05, 4.69) is 10.3 Å². The van der Waals surface area contributed by atoms with Crippen molar-refractivity contribution < 1.29 is 9.53 Å². The van der Waals surface area contributed by atoms with E-state index in [9.17, 15) is 4.79 Å². The molecule has 2 aromatic heterocycles. The van der Waals surface area contributed by atoms with E-state index in [-0.39, 0.29) is 5.91 Å². The summed E-state index contributed by atoms with van der Waals surface area (Å²) in [6.07, 6.45) is 0. The average Bonchev–Trinajstić information content (AvgIpc) is 3.21. The molecule has 1 N–H and O–H groups in total. The summed E-state index contributed by atoms with van der Waals surface area (Å²) in [4.78, 5) is 22.5. The smallest absolute Gasteiger partial charge is 0.258 e. The number of aromatic nitrogens is 2. The number of benzene rings is 3. The predicted molar refractivity (Wildman–Crippen MR) is 126 cm³/mol. The van der Waals surface area contributed by atoms with E-state index in [1.807, 2.05) is 85.8 Å². The number of hydrogen-bond acceptors (Lipinski definition) is 5. The van der Waals surface area contributed by atoms with Gasteiger partial charge in [0.15, 0.2) is 5.13 Å². The molecule has 6 heteroatoms. The van der Waals surface area contributed by atoms with Gasteiger partial charge < -0.3 is 4.74 Å². The number of ether oxygens (including phenoxy) is 1. The van der Waals surface area contributed by atoms with Crippen molar-refractivity contribution in [3.05, 3.63) is 84.4 Å². The van der Waals surface area contributed by atoms with Crippen LogP contribution in [0.25, 0.3) is 32.4 Å². The van der Waals surface area contributed by atoms with E-state index in [4.69, 9.17) is 9.72 Å². The van der Waals surface area contributed by atoms with Crippen molar-refractivity contribution in [3.8, 4) is 17.0 Å². The normalized spacial score (nSPS) is 11.0. The fourth-order valence-electron chi connectivity index (χ4n) is 3.49. The van der Waals surface area contributed by atoms with Crippen molar-refractivity contribution in [2.75, 3.05) is 11.9 Å². The Labute approximate surface area is 183 Å². The summed E-state index contributed by atoms with van der Waals surface area (Å²) in [5.41, 5.74) is 3.86. The summed E-state index contributed by atoms with van der Waals surface area (Å²) in [5, 5.41) is 4.35. The highest BCUT2D eigenvalue weighted by Gasteiger charge is 2.16. The summed E-state index contributed by atoms with van der Waals surface area (Å²) >= 11 is 1.46. The molecular formula is C25H19N3O2S. The quantitative estimate of drug-likeness (QED) is 0.366. The molecule has 5 aromatic rings. The number of thiazole rings is 1. The van der Waals surface area contributed by atoms with Crippen LogP contribution in [-0.4, -0.2) is 22.5 Å². The number of amides is 1. The molecule has 0 saturated heterocycles. The van der Waals surface area contributed by atoms with E-state index >= 15 is 0 Å². The Morgan fingerprint density at radius 2 is 1.68 bits per heavy atom. The Bertz CT molecular complexity index is 1360. The van der Waals surface area contributed by atoms with Gasteiger partial charge in [0.1, 0.15) is 5.75 Å². The molecule has 3 aromatic carbocycles. The SMILES string of the molecule is CCOc1ccc(-c2cc(C(=O)Nc3nc4ccccc4s3)c3ccccc3n2)cc1. The molecule has 0 aliphatic heterocycles. The first kappa shape index (κ1) is 19.2. The first-order chi connectivity index (χ1) is 15.2. The number of para-hydroxylation sites is 2. The van der Waals surface area contributed by atoms with Crippen molar-refractivity contribution in [2.45, 2.75) is 6.92 Å². The maximum Gasteiger partial charge on any atom is 0.258 e. The standard InChI is InChI=1S/C25H19N3O2S/c1-2-30-17-13-11-16(12-14-17)22-15-19(18-7-3-4-8-20(18)26-22)24(29)28-25-27-21-9-5-6-10-23(21)31-25/h3-15H,2H2,1H3,(H,27,28,29). The van der Waals surface area contributed by atoms with Gasteiger partial charge in [-0.2, -0.15) is 0 Å². The fourth-order valence-corrected chi connectivity index (χ4v) is 4.35. The third-order valence-corrected chi connectivity index (χ3v) is 5.89. The molecule has 0 bridgehead atoms. The molecule has 2 heterocycles. The average molecular weight is 426 g/mol. The minimum atomic E-state index is -0.204. The number of anilines is 1. The Hall–Kier alpha value is -3.77. The molecule has 0 atom stereocenters. The molecule has 0 fully saturated rings. The summed E-state index contributed by atoms with van der Waals surface area (Å²) in [7, 11) is 0. The highest BCUT2D eigenvalue weighted by molar-refractivity contribution is 7.22. The van der Waals surface area contributed by atoms with Crippen LogP contribution in [0.3, 0.4) is 0 Å². The molecule has 0 aliphatic rings. The Morgan fingerprint density at radius 1 is 0.935 bits per heavy atom. The first-order valence-corrected chi connectivity index (χ1v) is 10.8. The minimum absolute atomic E-state index is 0.204. The summed E-state index contributed by atoms with van der Waals surface area (Å²) < 4.78 is 6.56. The second kappa shape index (κ2) is 8.16. The summed E-state index contributed by atoms with van der Waals surface area (Å²) in [6.45, 7) is 2.57. The molecule has 1 amide bonds. The third-order valence-electron chi connectivity index (χ3n) is 4.94. The third kappa shape index (κ3) is 3.85. The van der Waals surface area contributed by atoms with Gasteiger partial charge >= 0.3 is 0 Å². The van der Waals surface area contributed by atoms with Crippen molar-refractivity contribution in [1.82, 2.24) is 9.97 Å². The van der Waals surface area contributed by atoms with Gasteiger partial charge in [0.25, 0.3) is 5.91 Å². The Morgan fingerprint density at radius 3 is 2.45 bits per heavy atom. The van der Waals surface area contributed by atoms with Gasteiger partial charge in [0, 0.05) is 10.9 Å². The van der Waals surface area contributed by atoms with Gasteiger partial charge in [-0.3, -0.25) is 10.1 Å². The van der Waals surface area contributed by atoms with Gasteiger partial charge in [-0.25, -0.2) is 9.97 Å². The Kier molecular flexibility index (Phi) is 5.06. The molecule has 0 unspecified atom stereocenters. The van der Waals surface area contributed by atoms with Crippen molar-refractivity contribution >= 4 is 43.5 Å². The molecule has 31 heavy (non-hydrogen) atoms. The highest BCUT2D eigenvalue weighted by Crippen LogP contribution is 2.29. The second-order valence-corrected chi connectivity index (χ2v) is 8.00. The number of carbonyl (C=O) groups excluding carboxylic acids is 1. The van der Waals surface area contributed by atoms with Gasteiger partial charge in [0.2, 0.25) is 0 Å². The molecule has 0 spiro atoms. The van der Waals surface area contributed by atoms with Gasteiger partial charge in [0.05, 0.1) is 33.6 Å². The van der Waals surface area contributed by atoms with E-state index in [0.717, 1.165) is 38.1 Å². The highest BCUT2D eigenvalue weighted by atomic mass is 32.1. The monoisotopic (exact) mass is 425 g/mol. The fraction of sp³-hybridized carbons (Fsp3) is 0.0800. The lowest BCUT2D eigenvalue weighted by molar-refractivity contribution is 0.102. The molecule has 152 valence electrons. The van der Waals surface area contributed by atoms with Crippen LogP contribution in [0.4, 0.5) is 5.13 Å². The van der Waals surface area contributed by atoms with Gasteiger partial charge in [-0.05, 0) is 55.5 Å². The van der Waals surface area contributed by atoms with Crippen molar-refractivity contribution in [2.24, 2.45) is 0 Å². The topological polar surface area (TPSA) is 64.1 Å². The number of nitrogens with zero attached hydrogens (tertiary/aromatic N) is 2. The largest absolute Gasteiger partial charge is 0.494 e. The van der Waals surface area contributed by atoms with Crippen LogP contribution >= 0.6 is 11.3 Å². The molecule has 0 aliphatic carbocycles.